The van der Waals surface area contributed by atoms with E-state index >= 15 is 0 Å². The normalized spacial score (nSPS) is 11.9. The zero-order chi connectivity index (χ0) is 13.2. The number of fused-ring (bicyclic) bond motifs is 1. The first-order valence-electron chi connectivity index (χ1n) is 4.63. The summed E-state index contributed by atoms with van der Waals surface area (Å²) in [6, 6.07) is 8.90. The van der Waals surface area contributed by atoms with Crippen LogP contribution < -0.4 is 5.26 Å². The third kappa shape index (κ3) is 2.99. The molecule has 0 aliphatic carbocycles. The Kier molecular flexibility index (Phi) is 3.85. The van der Waals surface area contributed by atoms with Crippen LogP contribution in [0.5, 0.6) is 0 Å². The highest BCUT2D eigenvalue weighted by molar-refractivity contribution is 7.94. The molecular formula is C10H6O6S2-2. The number of rotatable bonds is 4. The van der Waals surface area contributed by atoms with Gasteiger partial charge in [0.05, 0.1) is 16.9 Å². The van der Waals surface area contributed by atoms with Crippen molar-refractivity contribution in [1.29, 1.82) is 0 Å². The maximum absolute atomic E-state index is 10.9. The molecule has 0 aliphatic rings. The third-order valence-electron chi connectivity index (χ3n) is 2.23. The van der Waals surface area contributed by atoms with Gasteiger partial charge in [0, 0.05) is 4.90 Å². The summed E-state index contributed by atoms with van der Waals surface area (Å²) in [5, 5.41) is 14.2. The minimum atomic E-state index is -4.46. The summed E-state index contributed by atoms with van der Waals surface area (Å²) in [6.45, 7) is 0. The molecule has 2 rings (SSSR count). The monoisotopic (exact) mass is 286 g/mol. The van der Waals surface area contributed by atoms with Gasteiger partial charge in [0.2, 0.25) is 0 Å². The van der Waals surface area contributed by atoms with Gasteiger partial charge in [-0.3, -0.25) is 5.04 Å². The second-order valence-electron chi connectivity index (χ2n) is 3.34. The first kappa shape index (κ1) is 13.3. The lowest BCUT2D eigenvalue weighted by Crippen LogP contribution is -2.00. The van der Waals surface area contributed by atoms with Crippen LogP contribution in [-0.4, -0.2) is 13.0 Å². The van der Waals surface area contributed by atoms with E-state index in [2.05, 4.69) is 9.37 Å². The molecule has 0 aliphatic heterocycles. The lowest BCUT2D eigenvalue weighted by molar-refractivity contribution is -0.777. The first-order valence-corrected chi connectivity index (χ1v) is 6.78. The zero-order valence-electron chi connectivity index (χ0n) is 8.73. The van der Waals surface area contributed by atoms with Crippen molar-refractivity contribution in [3.8, 4) is 0 Å². The Hall–Kier alpha value is -1.16. The fourth-order valence-electron chi connectivity index (χ4n) is 1.46. The minimum Gasteiger partial charge on any atom is -0.744 e. The topological polar surface area (TPSA) is 98.7 Å². The fourth-order valence-corrected chi connectivity index (χ4v) is 2.37. The summed E-state index contributed by atoms with van der Waals surface area (Å²) in [5.41, 5.74) is 0. The average Bonchev–Trinajstić information content (AvgIpc) is 2.34. The summed E-state index contributed by atoms with van der Waals surface area (Å²) in [6.07, 6.45) is 0. The Bertz CT molecular complexity index is 667. The quantitative estimate of drug-likeness (QED) is 0.357. The highest BCUT2D eigenvalue weighted by atomic mass is 32.2. The standard InChI is InChI=1S/C10H8O6S2/c11-15-16-17-9-3-1-8-6-10(18(12,13)14)4-2-7(8)5-9/h1-6,11H,(H,12,13,14)/p-2. The van der Waals surface area contributed by atoms with E-state index in [1.165, 1.54) is 18.2 Å². The van der Waals surface area contributed by atoms with Crippen LogP contribution in [0.1, 0.15) is 0 Å². The molecule has 0 amide bonds. The molecule has 0 spiro atoms. The van der Waals surface area contributed by atoms with Gasteiger partial charge in [0.1, 0.15) is 10.1 Å². The van der Waals surface area contributed by atoms with Gasteiger partial charge in [-0.2, -0.15) is 4.33 Å². The van der Waals surface area contributed by atoms with Crippen molar-refractivity contribution in [3.63, 3.8) is 0 Å². The van der Waals surface area contributed by atoms with Crippen LogP contribution in [0.3, 0.4) is 0 Å². The molecule has 0 N–H and O–H groups in total. The van der Waals surface area contributed by atoms with Gasteiger partial charge in [-0.15, -0.1) is 0 Å². The number of hydrogen-bond donors (Lipinski definition) is 0. The van der Waals surface area contributed by atoms with Crippen molar-refractivity contribution in [1.82, 2.24) is 0 Å². The van der Waals surface area contributed by atoms with Gasteiger partial charge in [-0.1, -0.05) is 12.1 Å². The molecular weight excluding hydrogens is 280 g/mol. The van der Waals surface area contributed by atoms with Gasteiger partial charge in [0.25, 0.3) is 0 Å². The Labute approximate surface area is 107 Å². The maximum atomic E-state index is 10.9. The predicted molar refractivity (Wildman–Crippen MR) is 59.9 cm³/mol. The van der Waals surface area contributed by atoms with Crippen LogP contribution in [0.4, 0.5) is 0 Å². The van der Waals surface area contributed by atoms with Gasteiger partial charge in [0.15, 0.2) is 0 Å². The lowest BCUT2D eigenvalue weighted by Gasteiger charge is -2.09. The second kappa shape index (κ2) is 5.22. The first-order chi connectivity index (χ1) is 8.50. The Morgan fingerprint density at radius 1 is 1.06 bits per heavy atom. The molecule has 0 heterocycles. The Morgan fingerprint density at radius 2 is 1.72 bits per heavy atom. The SMILES string of the molecule is O=S(=O)([O-])c1ccc2cc(SOO[O-])ccc2c1. The molecule has 0 fully saturated rings. The molecule has 0 saturated carbocycles. The Morgan fingerprint density at radius 3 is 2.39 bits per heavy atom. The van der Waals surface area contributed by atoms with E-state index in [1.54, 1.807) is 18.2 Å². The number of hydrogen-bond acceptors (Lipinski definition) is 7. The predicted octanol–water partition coefficient (Wildman–Crippen LogP) is 0.975. The molecule has 96 valence electrons. The van der Waals surface area contributed by atoms with E-state index in [0.717, 1.165) is 12.0 Å². The molecule has 2 aromatic rings. The summed E-state index contributed by atoms with van der Waals surface area (Å²) in [7, 11) is -4.46. The van der Waals surface area contributed by atoms with Crippen LogP contribution in [-0.2, 0) is 19.5 Å². The van der Waals surface area contributed by atoms with Crippen LogP contribution in [0, 0.1) is 0 Å². The van der Waals surface area contributed by atoms with Gasteiger partial charge < -0.3 is 9.81 Å². The molecule has 0 bridgehead atoms. The van der Waals surface area contributed by atoms with Crippen molar-refractivity contribution < 1.29 is 27.6 Å². The van der Waals surface area contributed by atoms with Crippen LogP contribution in [0.25, 0.3) is 10.8 Å². The molecule has 18 heavy (non-hydrogen) atoms. The Balaban J connectivity index is 2.42. The van der Waals surface area contributed by atoms with E-state index in [-0.39, 0.29) is 4.90 Å². The van der Waals surface area contributed by atoms with E-state index in [1.807, 2.05) is 0 Å². The molecule has 0 aromatic heterocycles. The molecule has 0 unspecified atom stereocenters. The molecule has 0 atom stereocenters. The largest absolute Gasteiger partial charge is 0.744 e. The van der Waals surface area contributed by atoms with Crippen LogP contribution in [0.15, 0.2) is 46.2 Å². The summed E-state index contributed by atoms with van der Waals surface area (Å²) >= 11 is 0.730. The van der Waals surface area contributed by atoms with E-state index < -0.39 is 10.1 Å². The molecule has 0 radical (unpaired) electrons. The zero-order valence-corrected chi connectivity index (χ0v) is 10.4. The molecule has 8 heteroatoms. The van der Waals surface area contributed by atoms with Crippen LogP contribution >= 0.6 is 12.0 Å². The van der Waals surface area contributed by atoms with Crippen molar-refractivity contribution >= 4 is 32.9 Å². The summed E-state index contributed by atoms with van der Waals surface area (Å²) < 4.78 is 36.7. The second-order valence-corrected chi connectivity index (χ2v) is 5.50. The van der Waals surface area contributed by atoms with Crippen LogP contribution in [0.2, 0.25) is 0 Å². The van der Waals surface area contributed by atoms with Crippen molar-refractivity contribution in [2.45, 2.75) is 9.79 Å². The fraction of sp³-hybridized carbons (Fsp3) is 0. The van der Waals surface area contributed by atoms with Crippen molar-refractivity contribution in [2.75, 3.05) is 0 Å². The third-order valence-corrected chi connectivity index (χ3v) is 3.63. The lowest BCUT2D eigenvalue weighted by atomic mass is 10.1. The molecule has 6 nitrogen and oxygen atoms in total. The van der Waals surface area contributed by atoms with E-state index in [0.29, 0.717) is 15.7 Å². The van der Waals surface area contributed by atoms with Gasteiger partial charge in [-0.25, -0.2) is 8.42 Å². The van der Waals surface area contributed by atoms with E-state index in [4.69, 9.17) is 0 Å². The highest BCUT2D eigenvalue weighted by Gasteiger charge is 2.04. The van der Waals surface area contributed by atoms with E-state index in [9.17, 15) is 18.2 Å². The highest BCUT2D eigenvalue weighted by Crippen LogP contribution is 2.25. The minimum absolute atomic E-state index is 0.283. The maximum Gasteiger partial charge on any atom is 0.124 e. The molecule has 0 saturated heterocycles. The summed E-state index contributed by atoms with van der Waals surface area (Å²) in [5.74, 6) is 0. The number of benzene rings is 2. The van der Waals surface area contributed by atoms with Gasteiger partial charge in [-0.05, 0) is 35.0 Å². The molecule has 2 aromatic carbocycles. The van der Waals surface area contributed by atoms with Crippen molar-refractivity contribution in [3.05, 3.63) is 36.4 Å². The van der Waals surface area contributed by atoms with Crippen molar-refractivity contribution in [2.24, 2.45) is 0 Å². The van der Waals surface area contributed by atoms with Gasteiger partial charge >= 0.3 is 0 Å². The smallest absolute Gasteiger partial charge is 0.124 e. The average molecular weight is 286 g/mol. The summed E-state index contributed by atoms with van der Waals surface area (Å²) in [4.78, 5) is 0.325.